The minimum Gasteiger partial charge on any atom is -0.384 e. The van der Waals surface area contributed by atoms with Gasteiger partial charge in [0.2, 0.25) is 0 Å². The maximum absolute atomic E-state index is 9.50. The highest BCUT2D eigenvalue weighted by molar-refractivity contribution is 6.36. The number of hydrogen-bond acceptors (Lipinski definition) is 3. The minimum atomic E-state index is 0.481. The molecule has 0 saturated carbocycles. The van der Waals surface area contributed by atoms with Gasteiger partial charge >= 0.3 is 0 Å². The molecule has 0 bridgehead atoms. The molecule has 0 N–H and O–H groups in total. The first-order valence-corrected chi connectivity index (χ1v) is 7.17. The lowest BCUT2D eigenvalue weighted by molar-refractivity contribution is 0.202. The zero-order valence-electron chi connectivity index (χ0n) is 11.8. The maximum atomic E-state index is 9.50. The Kier molecular flexibility index (Phi) is 5.19. The molecule has 0 fully saturated rings. The third kappa shape index (κ3) is 3.54. The van der Waals surface area contributed by atoms with Crippen LogP contribution in [0.1, 0.15) is 16.8 Å². The van der Waals surface area contributed by atoms with Crippen molar-refractivity contribution in [1.82, 2.24) is 4.98 Å². The molecule has 0 aliphatic rings. The molecular weight excluding hydrogens is 307 g/mol. The quantitative estimate of drug-likeness (QED) is 0.837. The fourth-order valence-corrected chi connectivity index (χ4v) is 2.65. The number of methoxy groups -OCH3 is 1. The molecule has 2 aromatic rings. The van der Waals surface area contributed by atoms with Crippen LogP contribution in [0.4, 0.5) is 0 Å². The smallest absolute Gasteiger partial charge is 0.102 e. The van der Waals surface area contributed by atoms with Crippen LogP contribution in [-0.2, 0) is 11.2 Å². The van der Waals surface area contributed by atoms with Gasteiger partial charge in [-0.05, 0) is 43.2 Å². The number of pyridine rings is 1. The molecule has 0 aliphatic carbocycles. The number of ether oxygens (including phenoxy) is 1. The highest BCUT2D eigenvalue weighted by Gasteiger charge is 2.15. The van der Waals surface area contributed by atoms with Crippen LogP contribution >= 0.6 is 23.2 Å². The Balaban J connectivity index is 2.62. The van der Waals surface area contributed by atoms with Crippen molar-refractivity contribution in [2.24, 2.45) is 0 Å². The molecule has 0 spiro atoms. The van der Waals surface area contributed by atoms with Gasteiger partial charge in [0.05, 0.1) is 22.9 Å². The van der Waals surface area contributed by atoms with Gasteiger partial charge in [0.1, 0.15) is 6.07 Å². The van der Waals surface area contributed by atoms with Crippen molar-refractivity contribution < 1.29 is 4.74 Å². The Hall–Kier alpha value is -1.60. The van der Waals surface area contributed by atoms with Gasteiger partial charge in [0.15, 0.2) is 0 Å². The van der Waals surface area contributed by atoms with Crippen LogP contribution in [0.5, 0.6) is 0 Å². The fourth-order valence-electron chi connectivity index (χ4n) is 2.15. The van der Waals surface area contributed by atoms with E-state index in [0.717, 1.165) is 11.3 Å². The second kappa shape index (κ2) is 6.91. The van der Waals surface area contributed by atoms with Gasteiger partial charge in [-0.3, -0.25) is 4.98 Å². The SMILES string of the molecule is COCCc1cc(C)nc(-c2ccc(Cl)cc2Cl)c1C#N. The fraction of sp³-hybridized carbons (Fsp3) is 0.250. The second-order valence-electron chi connectivity index (χ2n) is 4.63. The Morgan fingerprint density at radius 1 is 1.29 bits per heavy atom. The van der Waals surface area contributed by atoms with E-state index in [0.29, 0.717) is 39.9 Å². The van der Waals surface area contributed by atoms with Crippen molar-refractivity contribution in [3.63, 3.8) is 0 Å². The summed E-state index contributed by atoms with van der Waals surface area (Å²) in [6.07, 6.45) is 0.654. The van der Waals surface area contributed by atoms with E-state index in [9.17, 15) is 5.26 Å². The summed E-state index contributed by atoms with van der Waals surface area (Å²) in [6.45, 7) is 2.44. The van der Waals surface area contributed by atoms with Gasteiger partial charge < -0.3 is 4.74 Å². The molecular formula is C16H14Cl2N2O. The minimum absolute atomic E-state index is 0.481. The summed E-state index contributed by atoms with van der Waals surface area (Å²) in [6, 6.07) is 9.31. The number of nitrogens with zero attached hydrogens (tertiary/aromatic N) is 2. The highest BCUT2D eigenvalue weighted by Crippen LogP contribution is 2.32. The molecule has 5 heteroatoms. The van der Waals surface area contributed by atoms with Gasteiger partial charge in [-0.2, -0.15) is 5.26 Å². The number of hydrogen-bond donors (Lipinski definition) is 0. The van der Waals surface area contributed by atoms with Crippen LogP contribution in [0.2, 0.25) is 10.0 Å². The van der Waals surface area contributed by atoms with Crippen molar-refractivity contribution in [2.75, 3.05) is 13.7 Å². The molecule has 3 nitrogen and oxygen atoms in total. The Morgan fingerprint density at radius 3 is 2.67 bits per heavy atom. The molecule has 0 unspecified atom stereocenters. The van der Waals surface area contributed by atoms with Crippen molar-refractivity contribution in [3.05, 3.63) is 51.1 Å². The topological polar surface area (TPSA) is 45.9 Å². The van der Waals surface area contributed by atoms with E-state index in [2.05, 4.69) is 11.1 Å². The average molecular weight is 321 g/mol. The normalized spacial score (nSPS) is 10.4. The first kappa shape index (κ1) is 15.8. The number of halogens is 2. The zero-order valence-corrected chi connectivity index (χ0v) is 13.3. The van der Waals surface area contributed by atoms with E-state index < -0.39 is 0 Å². The molecule has 1 aromatic heterocycles. The molecule has 0 atom stereocenters. The molecule has 1 heterocycles. The maximum Gasteiger partial charge on any atom is 0.102 e. The summed E-state index contributed by atoms with van der Waals surface area (Å²) < 4.78 is 5.10. The lowest BCUT2D eigenvalue weighted by Gasteiger charge is -2.12. The van der Waals surface area contributed by atoms with Crippen LogP contribution in [0.3, 0.4) is 0 Å². The number of aromatic nitrogens is 1. The third-order valence-electron chi connectivity index (χ3n) is 3.10. The Bertz CT molecular complexity index is 708. The van der Waals surface area contributed by atoms with Crippen LogP contribution in [0, 0.1) is 18.3 Å². The van der Waals surface area contributed by atoms with E-state index >= 15 is 0 Å². The van der Waals surface area contributed by atoms with Gasteiger partial charge in [0.25, 0.3) is 0 Å². The predicted octanol–water partition coefficient (Wildman–Crippen LogP) is 4.42. The zero-order chi connectivity index (χ0) is 15.4. The van der Waals surface area contributed by atoms with Gasteiger partial charge in [0, 0.05) is 23.4 Å². The van der Waals surface area contributed by atoms with Crippen LogP contribution in [0.15, 0.2) is 24.3 Å². The summed E-state index contributed by atoms with van der Waals surface area (Å²) in [5.41, 5.74) is 3.57. The molecule has 0 aliphatic heterocycles. The number of nitriles is 1. The Labute approximate surface area is 134 Å². The van der Waals surface area contributed by atoms with E-state index in [1.807, 2.05) is 13.0 Å². The van der Waals surface area contributed by atoms with Crippen molar-refractivity contribution in [2.45, 2.75) is 13.3 Å². The highest BCUT2D eigenvalue weighted by atomic mass is 35.5. The second-order valence-corrected chi connectivity index (χ2v) is 5.47. The molecule has 108 valence electrons. The first-order valence-electron chi connectivity index (χ1n) is 6.41. The van der Waals surface area contributed by atoms with Crippen LogP contribution < -0.4 is 0 Å². The molecule has 0 amide bonds. The summed E-state index contributed by atoms with van der Waals surface area (Å²) in [4.78, 5) is 4.48. The van der Waals surface area contributed by atoms with Gasteiger partial charge in [-0.25, -0.2) is 0 Å². The summed E-state index contributed by atoms with van der Waals surface area (Å²) >= 11 is 12.2. The lowest BCUT2D eigenvalue weighted by atomic mass is 9.99. The lowest BCUT2D eigenvalue weighted by Crippen LogP contribution is -2.03. The van der Waals surface area contributed by atoms with E-state index in [1.54, 1.807) is 25.3 Å². The number of benzene rings is 1. The molecule has 0 radical (unpaired) electrons. The molecule has 2 rings (SSSR count). The van der Waals surface area contributed by atoms with Crippen molar-refractivity contribution >= 4 is 23.2 Å². The summed E-state index contributed by atoms with van der Waals surface area (Å²) in [5.74, 6) is 0. The van der Waals surface area contributed by atoms with E-state index in [4.69, 9.17) is 27.9 Å². The Morgan fingerprint density at radius 2 is 2.05 bits per heavy atom. The van der Waals surface area contributed by atoms with E-state index in [1.165, 1.54) is 0 Å². The van der Waals surface area contributed by atoms with Crippen LogP contribution in [-0.4, -0.2) is 18.7 Å². The predicted molar refractivity (Wildman–Crippen MR) is 84.7 cm³/mol. The molecule has 1 aromatic carbocycles. The van der Waals surface area contributed by atoms with Crippen molar-refractivity contribution in [3.8, 4) is 17.3 Å². The van der Waals surface area contributed by atoms with E-state index in [-0.39, 0.29) is 0 Å². The largest absolute Gasteiger partial charge is 0.384 e. The number of rotatable bonds is 4. The standard InChI is InChI=1S/C16H14Cl2N2O/c1-10-7-11(5-6-21-2)14(9-19)16(20-10)13-4-3-12(17)8-15(13)18/h3-4,7-8H,5-6H2,1-2H3. The van der Waals surface area contributed by atoms with Gasteiger partial charge in [-0.15, -0.1) is 0 Å². The monoisotopic (exact) mass is 320 g/mol. The van der Waals surface area contributed by atoms with Crippen molar-refractivity contribution in [1.29, 1.82) is 5.26 Å². The molecule has 0 saturated heterocycles. The number of aryl methyl sites for hydroxylation is 1. The summed E-state index contributed by atoms with van der Waals surface area (Å²) in [7, 11) is 1.64. The summed E-state index contributed by atoms with van der Waals surface area (Å²) in [5, 5.41) is 10.5. The van der Waals surface area contributed by atoms with Gasteiger partial charge in [-0.1, -0.05) is 23.2 Å². The first-order chi connectivity index (χ1) is 10.1. The molecule has 21 heavy (non-hydrogen) atoms. The van der Waals surface area contributed by atoms with Crippen LogP contribution in [0.25, 0.3) is 11.3 Å². The third-order valence-corrected chi connectivity index (χ3v) is 3.65. The average Bonchev–Trinajstić information content (AvgIpc) is 2.44.